The molecule has 1 aromatic heterocycles. The summed E-state index contributed by atoms with van der Waals surface area (Å²) in [4.78, 5) is 11.9. The molecule has 124 valence electrons. The molecule has 0 unspecified atom stereocenters. The van der Waals surface area contributed by atoms with Gasteiger partial charge in [-0.05, 0) is 25.1 Å². The van der Waals surface area contributed by atoms with Gasteiger partial charge in [0.1, 0.15) is 11.6 Å². The van der Waals surface area contributed by atoms with Gasteiger partial charge in [-0.25, -0.2) is 17.1 Å². The van der Waals surface area contributed by atoms with Crippen molar-refractivity contribution >= 4 is 21.7 Å². The molecule has 0 spiro atoms. The van der Waals surface area contributed by atoms with Crippen LogP contribution in [-0.2, 0) is 10.0 Å². The number of amides is 1. The summed E-state index contributed by atoms with van der Waals surface area (Å²) in [7, 11) is -3.57. The van der Waals surface area contributed by atoms with E-state index < -0.39 is 21.7 Å². The van der Waals surface area contributed by atoms with Crippen LogP contribution in [-0.4, -0.2) is 38.8 Å². The number of hydrogen-bond acceptors (Lipinski definition) is 5. The maximum atomic E-state index is 13.1. The van der Waals surface area contributed by atoms with Crippen LogP contribution in [0.25, 0.3) is 0 Å². The van der Waals surface area contributed by atoms with E-state index in [9.17, 15) is 17.6 Å². The topological polar surface area (TPSA) is 92.5 Å². The van der Waals surface area contributed by atoms with Crippen molar-refractivity contribution in [1.82, 2.24) is 10.5 Å². The molecule has 2 aromatic rings. The summed E-state index contributed by atoms with van der Waals surface area (Å²) in [5.74, 6) is -0.398. The van der Waals surface area contributed by atoms with Crippen LogP contribution in [0.3, 0.4) is 0 Å². The van der Waals surface area contributed by atoms with E-state index in [1.807, 2.05) is 0 Å². The van der Waals surface area contributed by atoms with Gasteiger partial charge in [0.25, 0.3) is 5.91 Å². The van der Waals surface area contributed by atoms with Crippen molar-refractivity contribution in [1.29, 1.82) is 0 Å². The fraction of sp³-hybridized carbons (Fsp3) is 0.286. The number of nitrogens with one attached hydrogen (secondary N) is 1. The summed E-state index contributed by atoms with van der Waals surface area (Å²) >= 11 is 0. The molecule has 0 aliphatic carbocycles. The average molecular weight is 341 g/mol. The quantitative estimate of drug-likeness (QED) is 0.855. The Labute approximate surface area is 133 Å². The maximum absolute atomic E-state index is 13.1. The Morgan fingerprint density at radius 1 is 1.39 bits per heavy atom. The fourth-order valence-corrected chi connectivity index (χ4v) is 2.77. The van der Waals surface area contributed by atoms with Gasteiger partial charge in [-0.1, -0.05) is 11.2 Å². The second-order valence-electron chi connectivity index (χ2n) is 4.90. The van der Waals surface area contributed by atoms with Crippen molar-refractivity contribution in [2.24, 2.45) is 0 Å². The normalized spacial score (nSPS) is 11.3. The number of carbonyl (C=O) groups excluding carboxylic acids is 1. The summed E-state index contributed by atoms with van der Waals surface area (Å²) in [5.41, 5.74) is 0.160. The number of benzene rings is 1. The first kappa shape index (κ1) is 16.9. The Morgan fingerprint density at radius 2 is 2.13 bits per heavy atom. The van der Waals surface area contributed by atoms with Gasteiger partial charge in [0.2, 0.25) is 10.0 Å². The predicted octanol–water partition coefficient (Wildman–Crippen LogP) is 1.32. The minimum atomic E-state index is -3.57. The molecule has 1 heterocycles. The van der Waals surface area contributed by atoms with Gasteiger partial charge < -0.3 is 9.84 Å². The first-order valence-electron chi connectivity index (χ1n) is 6.72. The molecule has 0 bridgehead atoms. The zero-order chi connectivity index (χ0) is 17.0. The summed E-state index contributed by atoms with van der Waals surface area (Å²) in [6, 6.07) is 6.70. The van der Waals surface area contributed by atoms with Crippen molar-refractivity contribution in [2.45, 2.75) is 6.92 Å². The molecule has 9 heteroatoms. The van der Waals surface area contributed by atoms with E-state index in [-0.39, 0.29) is 24.5 Å². The Hall–Kier alpha value is -2.42. The Bertz CT molecular complexity index is 804. The monoisotopic (exact) mass is 341 g/mol. The summed E-state index contributed by atoms with van der Waals surface area (Å²) in [6.45, 7) is 1.66. The standard InChI is InChI=1S/C14H16FN3O4S/c1-10-8-13(17-22-10)18(23(2,20)21)7-6-16-14(19)11-4-3-5-12(15)9-11/h3-5,8-9H,6-7H2,1-2H3,(H,16,19). The second kappa shape index (κ2) is 6.78. The first-order valence-corrected chi connectivity index (χ1v) is 8.57. The lowest BCUT2D eigenvalue weighted by Crippen LogP contribution is -2.38. The minimum Gasteiger partial charge on any atom is -0.360 e. The molecule has 2 rings (SSSR count). The van der Waals surface area contributed by atoms with Gasteiger partial charge in [0, 0.05) is 18.2 Å². The number of rotatable bonds is 6. The number of hydrogen-bond donors (Lipinski definition) is 1. The Morgan fingerprint density at radius 3 is 2.70 bits per heavy atom. The number of anilines is 1. The lowest BCUT2D eigenvalue weighted by molar-refractivity contribution is 0.0954. The third kappa shape index (κ3) is 4.52. The zero-order valence-electron chi connectivity index (χ0n) is 12.6. The summed E-state index contributed by atoms with van der Waals surface area (Å²) in [6.07, 6.45) is 1.03. The van der Waals surface area contributed by atoms with Crippen LogP contribution in [0.4, 0.5) is 10.2 Å². The van der Waals surface area contributed by atoms with E-state index >= 15 is 0 Å². The van der Waals surface area contributed by atoms with Gasteiger partial charge in [0.05, 0.1) is 12.8 Å². The van der Waals surface area contributed by atoms with E-state index in [0.29, 0.717) is 5.76 Å². The van der Waals surface area contributed by atoms with Crippen LogP contribution in [0, 0.1) is 12.7 Å². The van der Waals surface area contributed by atoms with Crippen molar-refractivity contribution in [3.05, 3.63) is 47.5 Å². The van der Waals surface area contributed by atoms with Crippen molar-refractivity contribution in [2.75, 3.05) is 23.7 Å². The molecule has 1 aromatic carbocycles. The van der Waals surface area contributed by atoms with Crippen molar-refractivity contribution in [3.8, 4) is 0 Å². The Balaban J connectivity index is 2.01. The molecule has 1 amide bonds. The van der Waals surface area contributed by atoms with Crippen LogP contribution in [0.5, 0.6) is 0 Å². The molecule has 0 radical (unpaired) electrons. The van der Waals surface area contributed by atoms with E-state index in [2.05, 4.69) is 10.5 Å². The zero-order valence-corrected chi connectivity index (χ0v) is 13.4. The van der Waals surface area contributed by atoms with Crippen LogP contribution >= 0.6 is 0 Å². The highest BCUT2D eigenvalue weighted by atomic mass is 32.2. The highest BCUT2D eigenvalue weighted by molar-refractivity contribution is 7.92. The molecule has 1 N–H and O–H groups in total. The lowest BCUT2D eigenvalue weighted by Gasteiger charge is -2.19. The number of carbonyl (C=O) groups is 1. The van der Waals surface area contributed by atoms with Crippen molar-refractivity contribution < 1.29 is 22.1 Å². The number of aryl methyl sites for hydroxylation is 1. The van der Waals surface area contributed by atoms with E-state index in [1.54, 1.807) is 6.92 Å². The van der Waals surface area contributed by atoms with E-state index in [1.165, 1.54) is 24.3 Å². The molecule has 0 saturated carbocycles. The molecule has 0 saturated heterocycles. The van der Waals surface area contributed by atoms with Crippen LogP contribution in [0.2, 0.25) is 0 Å². The fourth-order valence-electron chi connectivity index (χ4n) is 1.92. The Kier molecular flexibility index (Phi) is 4.99. The van der Waals surface area contributed by atoms with E-state index in [4.69, 9.17) is 4.52 Å². The third-order valence-corrected chi connectivity index (χ3v) is 4.13. The smallest absolute Gasteiger partial charge is 0.251 e. The van der Waals surface area contributed by atoms with Gasteiger partial charge >= 0.3 is 0 Å². The highest BCUT2D eigenvalue weighted by Gasteiger charge is 2.20. The molecule has 0 fully saturated rings. The highest BCUT2D eigenvalue weighted by Crippen LogP contribution is 2.16. The lowest BCUT2D eigenvalue weighted by atomic mass is 10.2. The molecule has 7 nitrogen and oxygen atoms in total. The van der Waals surface area contributed by atoms with Crippen LogP contribution in [0.1, 0.15) is 16.1 Å². The molecular formula is C14H16FN3O4S. The third-order valence-electron chi connectivity index (χ3n) is 2.96. The molecule has 0 aliphatic heterocycles. The number of halogens is 1. The van der Waals surface area contributed by atoms with Gasteiger partial charge in [-0.3, -0.25) is 4.79 Å². The maximum Gasteiger partial charge on any atom is 0.251 e. The van der Waals surface area contributed by atoms with Gasteiger partial charge in [0.15, 0.2) is 5.82 Å². The SMILES string of the molecule is Cc1cc(N(CCNC(=O)c2cccc(F)c2)S(C)(=O)=O)no1. The molecule has 0 aliphatic rings. The molecule has 23 heavy (non-hydrogen) atoms. The summed E-state index contributed by atoms with van der Waals surface area (Å²) in [5, 5.41) is 6.19. The number of aromatic nitrogens is 1. The molecule has 0 atom stereocenters. The number of nitrogens with zero attached hydrogens (tertiary/aromatic N) is 2. The van der Waals surface area contributed by atoms with E-state index in [0.717, 1.165) is 16.6 Å². The average Bonchev–Trinajstić information content (AvgIpc) is 2.88. The first-order chi connectivity index (χ1) is 10.8. The van der Waals surface area contributed by atoms with Crippen LogP contribution in [0.15, 0.2) is 34.9 Å². The number of sulfonamides is 1. The largest absolute Gasteiger partial charge is 0.360 e. The molecular weight excluding hydrogens is 325 g/mol. The minimum absolute atomic E-state index is 0.0220. The van der Waals surface area contributed by atoms with Crippen LogP contribution < -0.4 is 9.62 Å². The van der Waals surface area contributed by atoms with Gasteiger partial charge in [-0.2, -0.15) is 0 Å². The summed E-state index contributed by atoms with van der Waals surface area (Å²) < 4.78 is 42.6. The second-order valence-corrected chi connectivity index (χ2v) is 6.80. The van der Waals surface area contributed by atoms with Crippen molar-refractivity contribution in [3.63, 3.8) is 0 Å². The van der Waals surface area contributed by atoms with Gasteiger partial charge in [-0.15, -0.1) is 0 Å². The predicted molar refractivity (Wildman–Crippen MR) is 82.2 cm³/mol.